The fourth-order valence-corrected chi connectivity index (χ4v) is 2.73. The van der Waals surface area contributed by atoms with Crippen LogP contribution >= 0.6 is 0 Å². The highest BCUT2D eigenvalue weighted by Gasteiger charge is 2.21. The van der Waals surface area contributed by atoms with E-state index in [9.17, 15) is 13.2 Å². The van der Waals surface area contributed by atoms with E-state index >= 15 is 0 Å². The summed E-state index contributed by atoms with van der Waals surface area (Å²) in [6.07, 6.45) is 0. The van der Waals surface area contributed by atoms with Gasteiger partial charge in [0.1, 0.15) is 10.9 Å². The van der Waals surface area contributed by atoms with Crippen LogP contribution in [0.2, 0.25) is 0 Å². The maximum absolute atomic E-state index is 12.2. The van der Waals surface area contributed by atoms with Gasteiger partial charge in [-0.1, -0.05) is 0 Å². The van der Waals surface area contributed by atoms with Crippen LogP contribution in [0.25, 0.3) is 0 Å². The lowest BCUT2D eigenvalue weighted by Gasteiger charge is -2.24. The van der Waals surface area contributed by atoms with Gasteiger partial charge in [-0.15, -0.1) is 0 Å². The standard InChI is InChI=1S/C13H22N4O3S/c1-4-17(5-2)13(18)9(3)16-11-7-6-10(14)8-12(11)21(15,19)20/h6-9,16H,4-5,14H2,1-3H3,(H2,15,19,20). The maximum atomic E-state index is 12.2. The molecular formula is C13H22N4O3S. The number of nitrogen functional groups attached to an aromatic ring is 1. The van der Waals surface area contributed by atoms with Crippen LogP contribution in [0.15, 0.2) is 23.1 Å². The zero-order valence-corrected chi connectivity index (χ0v) is 13.3. The average molecular weight is 314 g/mol. The number of hydrogen-bond donors (Lipinski definition) is 3. The predicted octanol–water partition coefficient (Wildman–Crippen LogP) is 0.585. The quantitative estimate of drug-likeness (QED) is 0.664. The molecule has 0 radical (unpaired) electrons. The number of amides is 1. The molecule has 0 aliphatic rings. The van der Waals surface area contributed by atoms with Crippen molar-refractivity contribution in [1.29, 1.82) is 0 Å². The Kier molecular flexibility index (Phi) is 5.56. The third-order valence-corrected chi connectivity index (χ3v) is 4.08. The number of carbonyl (C=O) groups is 1. The summed E-state index contributed by atoms with van der Waals surface area (Å²) >= 11 is 0. The summed E-state index contributed by atoms with van der Waals surface area (Å²) in [6.45, 7) is 6.61. The van der Waals surface area contributed by atoms with Crippen LogP contribution in [-0.2, 0) is 14.8 Å². The van der Waals surface area contributed by atoms with Crippen molar-refractivity contribution in [1.82, 2.24) is 4.90 Å². The first-order valence-corrected chi connectivity index (χ1v) is 8.23. The van der Waals surface area contributed by atoms with Crippen LogP contribution in [0.4, 0.5) is 11.4 Å². The van der Waals surface area contributed by atoms with Crippen molar-refractivity contribution in [2.24, 2.45) is 5.14 Å². The van der Waals surface area contributed by atoms with E-state index in [1.54, 1.807) is 17.9 Å². The molecule has 8 heteroatoms. The Bertz CT molecular complexity index is 612. The topological polar surface area (TPSA) is 119 Å². The lowest BCUT2D eigenvalue weighted by atomic mass is 10.2. The SMILES string of the molecule is CCN(CC)C(=O)C(C)Nc1ccc(N)cc1S(N)(=O)=O. The van der Waals surface area contributed by atoms with Gasteiger partial charge in [-0.3, -0.25) is 4.79 Å². The molecule has 0 fully saturated rings. The van der Waals surface area contributed by atoms with Crippen molar-refractivity contribution in [3.05, 3.63) is 18.2 Å². The number of rotatable bonds is 6. The van der Waals surface area contributed by atoms with Gasteiger partial charge in [-0.2, -0.15) is 0 Å². The first kappa shape index (κ1) is 17.3. The van der Waals surface area contributed by atoms with Gasteiger partial charge < -0.3 is 16.0 Å². The molecule has 118 valence electrons. The zero-order valence-electron chi connectivity index (χ0n) is 12.5. The molecule has 1 unspecified atom stereocenters. The number of primary sulfonamides is 1. The van der Waals surface area contributed by atoms with Crippen molar-refractivity contribution in [3.8, 4) is 0 Å². The smallest absolute Gasteiger partial charge is 0.244 e. The third kappa shape index (κ3) is 4.33. The molecule has 21 heavy (non-hydrogen) atoms. The van der Waals surface area contributed by atoms with E-state index in [1.807, 2.05) is 13.8 Å². The summed E-state index contributed by atoms with van der Waals surface area (Å²) in [6, 6.07) is 3.74. The Morgan fingerprint density at radius 1 is 1.33 bits per heavy atom. The van der Waals surface area contributed by atoms with E-state index in [2.05, 4.69) is 5.32 Å². The fraction of sp³-hybridized carbons (Fsp3) is 0.462. The van der Waals surface area contributed by atoms with Gasteiger partial charge in [-0.05, 0) is 39.0 Å². The first-order valence-electron chi connectivity index (χ1n) is 6.68. The Balaban J connectivity index is 3.06. The van der Waals surface area contributed by atoms with Crippen LogP contribution in [0.1, 0.15) is 20.8 Å². The second-order valence-electron chi connectivity index (χ2n) is 4.68. The minimum atomic E-state index is -3.93. The van der Waals surface area contributed by atoms with Crippen molar-refractivity contribution >= 4 is 27.3 Å². The minimum Gasteiger partial charge on any atom is -0.399 e. The van der Waals surface area contributed by atoms with E-state index in [-0.39, 0.29) is 22.2 Å². The molecule has 0 aromatic heterocycles. The molecule has 1 amide bonds. The monoisotopic (exact) mass is 314 g/mol. The van der Waals surface area contributed by atoms with E-state index in [4.69, 9.17) is 10.9 Å². The number of carbonyl (C=O) groups excluding carboxylic acids is 1. The Hall–Kier alpha value is -1.80. The van der Waals surface area contributed by atoms with Crippen molar-refractivity contribution in [2.45, 2.75) is 31.7 Å². The third-order valence-electron chi connectivity index (χ3n) is 3.13. The van der Waals surface area contributed by atoms with E-state index < -0.39 is 16.1 Å². The number of nitrogens with one attached hydrogen (secondary N) is 1. The molecule has 7 nitrogen and oxygen atoms in total. The summed E-state index contributed by atoms with van der Waals surface area (Å²) < 4.78 is 23.2. The van der Waals surface area contributed by atoms with Crippen LogP contribution in [0.5, 0.6) is 0 Å². The molecule has 1 atom stereocenters. The molecule has 0 saturated heterocycles. The second-order valence-corrected chi connectivity index (χ2v) is 6.21. The number of anilines is 2. The molecule has 0 bridgehead atoms. The van der Waals surface area contributed by atoms with Gasteiger partial charge in [0, 0.05) is 18.8 Å². The predicted molar refractivity (Wildman–Crippen MR) is 83.2 cm³/mol. The van der Waals surface area contributed by atoms with Gasteiger partial charge in [0.25, 0.3) is 0 Å². The molecule has 1 rings (SSSR count). The van der Waals surface area contributed by atoms with Gasteiger partial charge in [0.05, 0.1) is 5.69 Å². The van der Waals surface area contributed by atoms with E-state index in [1.165, 1.54) is 12.1 Å². The Labute approximate surface area is 125 Å². The van der Waals surface area contributed by atoms with Crippen molar-refractivity contribution in [3.63, 3.8) is 0 Å². The highest BCUT2D eigenvalue weighted by Crippen LogP contribution is 2.23. The molecule has 5 N–H and O–H groups in total. The highest BCUT2D eigenvalue weighted by molar-refractivity contribution is 7.89. The summed E-state index contributed by atoms with van der Waals surface area (Å²) in [7, 11) is -3.93. The lowest BCUT2D eigenvalue weighted by molar-refractivity contribution is -0.131. The number of sulfonamides is 1. The van der Waals surface area contributed by atoms with E-state index in [0.29, 0.717) is 13.1 Å². The summed E-state index contributed by atoms with van der Waals surface area (Å²) in [5.41, 5.74) is 6.13. The van der Waals surface area contributed by atoms with Crippen molar-refractivity contribution in [2.75, 3.05) is 24.1 Å². The molecule has 1 aromatic carbocycles. The molecule has 0 aliphatic carbocycles. The summed E-state index contributed by atoms with van der Waals surface area (Å²) in [5.74, 6) is -0.114. The largest absolute Gasteiger partial charge is 0.399 e. The molecule has 0 heterocycles. The Morgan fingerprint density at radius 2 is 1.90 bits per heavy atom. The average Bonchev–Trinajstić information content (AvgIpc) is 2.40. The van der Waals surface area contributed by atoms with Gasteiger partial charge >= 0.3 is 0 Å². The zero-order chi connectivity index (χ0) is 16.2. The van der Waals surface area contributed by atoms with Crippen LogP contribution in [0, 0.1) is 0 Å². The van der Waals surface area contributed by atoms with Gasteiger partial charge in [0.15, 0.2) is 0 Å². The minimum absolute atomic E-state index is 0.114. The first-order chi connectivity index (χ1) is 9.70. The van der Waals surface area contributed by atoms with Crippen molar-refractivity contribution < 1.29 is 13.2 Å². The van der Waals surface area contributed by atoms with E-state index in [0.717, 1.165) is 0 Å². The van der Waals surface area contributed by atoms with Crippen LogP contribution in [-0.4, -0.2) is 38.4 Å². The normalized spacial score (nSPS) is 12.8. The lowest BCUT2D eigenvalue weighted by Crippen LogP contribution is -2.41. The van der Waals surface area contributed by atoms with Crippen LogP contribution < -0.4 is 16.2 Å². The number of nitrogens with zero attached hydrogens (tertiary/aromatic N) is 1. The maximum Gasteiger partial charge on any atom is 0.244 e. The summed E-state index contributed by atoms with van der Waals surface area (Å²) in [5, 5.41) is 8.06. The molecule has 0 saturated carbocycles. The number of benzene rings is 1. The second kappa shape index (κ2) is 6.77. The molecular weight excluding hydrogens is 292 g/mol. The summed E-state index contributed by atoms with van der Waals surface area (Å²) in [4.78, 5) is 13.7. The Morgan fingerprint density at radius 3 is 2.38 bits per heavy atom. The molecule has 0 spiro atoms. The molecule has 0 aliphatic heterocycles. The number of likely N-dealkylation sites (N-methyl/N-ethyl adjacent to an activating group) is 1. The number of hydrogen-bond acceptors (Lipinski definition) is 5. The van der Waals surface area contributed by atoms with Crippen LogP contribution in [0.3, 0.4) is 0 Å². The van der Waals surface area contributed by atoms with Gasteiger partial charge in [0.2, 0.25) is 15.9 Å². The number of nitrogens with two attached hydrogens (primary N) is 2. The van der Waals surface area contributed by atoms with Gasteiger partial charge in [-0.25, -0.2) is 13.6 Å². The highest BCUT2D eigenvalue weighted by atomic mass is 32.2. The molecule has 1 aromatic rings. The fourth-order valence-electron chi connectivity index (χ4n) is 2.00.